The summed E-state index contributed by atoms with van der Waals surface area (Å²) in [6, 6.07) is 2.81. The van der Waals surface area contributed by atoms with E-state index in [1.807, 2.05) is 0 Å². The lowest BCUT2D eigenvalue weighted by molar-refractivity contribution is 0.220. The highest BCUT2D eigenvalue weighted by atomic mass is 19.1. The maximum atomic E-state index is 13.3. The first-order valence-corrected chi connectivity index (χ1v) is 6.98. The third-order valence-electron chi connectivity index (χ3n) is 3.74. The van der Waals surface area contributed by atoms with E-state index in [1.54, 1.807) is 6.07 Å². The van der Waals surface area contributed by atoms with Crippen molar-refractivity contribution in [1.82, 2.24) is 19.4 Å². The van der Waals surface area contributed by atoms with Crippen molar-refractivity contribution in [2.24, 2.45) is 0 Å². The maximum absolute atomic E-state index is 13.3. The lowest BCUT2D eigenvalue weighted by Crippen LogP contribution is -2.35. The summed E-state index contributed by atoms with van der Waals surface area (Å²) in [4.78, 5) is 22.1. The zero-order valence-electron chi connectivity index (χ0n) is 11.3. The summed E-state index contributed by atoms with van der Waals surface area (Å²) in [6.45, 7) is 3.45. The zero-order chi connectivity index (χ0) is 13.9. The summed E-state index contributed by atoms with van der Waals surface area (Å²) in [5, 5.41) is 0. The molecular formula is C14H17FN4O. The van der Waals surface area contributed by atoms with Crippen molar-refractivity contribution in [3.05, 3.63) is 34.6 Å². The van der Waals surface area contributed by atoms with Crippen LogP contribution < -0.4 is 5.56 Å². The van der Waals surface area contributed by atoms with Crippen molar-refractivity contribution in [3.63, 3.8) is 0 Å². The predicted octanol–water partition coefficient (Wildman–Crippen LogP) is 1.42. The SMILES string of the molecule is O=c1cnc2ccc(F)nc2n1CCN1CCCCC1. The lowest BCUT2D eigenvalue weighted by Gasteiger charge is -2.26. The predicted molar refractivity (Wildman–Crippen MR) is 74.0 cm³/mol. The van der Waals surface area contributed by atoms with Gasteiger partial charge in [0.25, 0.3) is 5.56 Å². The normalized spacial score (nSPS) is 16.6. The first-order chi connectivity index (χ1) is 9.74. The smallest absolute Gasteiger partial charge is 0.270 e. The van der Waals surface area contributed by atoms with Crippen molar-refractivity contribution < 1.29 is 4.39 Å². The Kier molecular flexibility index (Phi) is 3.73. The van der Waals surface area contributed by atoms with Gasteiger partial charge in [0.1, 0.15) is 5.52 Å². The van der Waals surface area contributed by atoms with Crippen LogP contribution >= 0.6 is 0 Å². The van der Waals surface area contributed by atoms with Gasteiger partial charge < -0.3 is 4.90 Å². The topological polar surface area (TPSA) is 51.0 Å². The third-order valence-corrected chi connectivity index (χ3v) is 3.74. The van der Waals surface area contributed by atoms with Crippen molar-refractivity contribution in [1.29, 1.82) is 0 Å². The fourth-order valence-electron chi connectivity index (χ4n) is 2.66. The third kappa shape index (κ3) is 2.70. The van der Waals surface area contributed by atoms with Crippen LogP contribution in [0.2, 0.25) is 0 Å². The van der Waals surface area contributed by atoms with Crippen molar-refractivity contribution in [3.8, 4) is 0 Å². The molecule has 2 aromatic heterocycles. The van der Waals surface area contributed by atoms with Crippen LogP contribution in [0, 0.1) is 5.95 Å². The van der Waals surface area contributed by atoms with E-state index in [-0.39, 0.29) is 5.56 Å². The fraction of sp³-hybridized carbons (Fsp3) is 0.500. The van der Waals surface area contributed by atoms with Gasteiger partial charge in [-0.15, -0.1) is 0 Å². The molecule has 0 bridgehead atoms. The molecule has 20 heavy (non-hydrogen) atoms. The van der Waals surface area contributed by atoms with Gasteiger partial charge in [-0.1, -0.05) is 6.42 Å². The molecule has 2 aromatic rings. The van der Waals surface area contributed by atoms with E-state index < -0.39 is 5.95 Å². The molecule has 0 unspecified atom stereocenters. The van der Waals surface area contributed by atoms with Gasteiger partial charge in [0.05, 0.1) is 6.20 Å². The number of aromatic nitrogens is 3. The van der Waals surface area contributed by atoms with Crippen LogP contribution in [0.15, 0.2) is 23.1 Å². The van der Waals surface area contributed by atoms with Gasteiger partial charge in [0.2, 0.25) is 5.95 Å². The molecule has 1 aliphatic heterocycles. The van der Waals surface area contributed by atoms with E-state index in [0.717, 1.165) is 19.6 Å². The maximum Gasteiger partial charge on any atom is 0.270 e. The van der Waals surface area contributed by atoms with Gasteiger partial charge in [0, 0.05) is 13.1 Å². The molecule has 0 N–H and O–H groups in total. The van der Waals surface area contributed by atoms with Crippen LogP contribution in [-0.4, -0.2) is 39.1 Å². The Morgan fingerprint density at radius 2 is 1.95 bits per heavy atom. The number of fused-ring (bicyclic) bond motifs is 1. The average molecular weight is 276 g/mol. The Balaban J connectivity index is 1.87. The van der Waals surface area contributed by atoms with E-state index in [1.165, 1.54) is 36.1 Å². The minimum absolute atomic E-state index is 0.229. The number of hydrogen-bond donors (Lipinski definition) is 0. The molecular weight excluding hydrogens is 259 g/mol. The molecule has 1 saturated heterocycles. The van der Waals surface area contributed by atoms with Crippen molar-refractivity contribution in [2.45, 2.75) is 25.8 Å². The number of rotatable bonds is 3. The van der Waals surface area contributed by atoms with E-state index >= 15 is 0 Å². The molecule has 3 rings (SSSR count). The highest BCUT2D eigenvalue weighted by Crippen LogP contribution is 2.10. The Morgan fingerprint density at radius 3 is 2.75 bits per heavy atom. The molecule has 0 saturated carbocycles. The molecule has 6 heteroatoms. The Morgan fingerprint density at radius 1 is 1.15 bits per heavy atom. The van der Waals surface area contributed by atoms with Crippen LogP contribution in [0.4, 0.5) is 4.39 Å². The minimum atomic E-state index is -0.586. The van der Waals surface area contributed by atoms with E-state index in [9.17, 15) is 9.18 Å². The van der Waals surface area contributed by atoms with Crippen LogP contribution in [0.5, 0.6) is 0 Å². The monoisotopic (exact) mass is 276 g/mol. The first-order valence-electron chi connectivity index (χ1n) is 6.98. The standard InChI is InChI=1S/C14H17FN4O/c15-12-5-4-11-14(17-12)19(13(20)10-16-11)9-8-18-6-2-1-3-7-18/h4-5,10H,1-3,6-9H2. The molecule has 3 heterocycles. The summed E-state index contributed by atoms with van der Waals surface area (Å²) in [5.41, 5.74) is 0.645. The van der Waals surface area contributed by atoms with Crippen LogP contribution in [0.25, 0.3) is 11.2 Å². The Labute approximate surface area is 116 Å². The fourth-order valence-corrected chi connectivity index (χ4v) is 2.66. The summed E-state index contributed by atoms with van der Waals surface area (Å²) < 4.78 is 14.8. The van der Waals surface area contributed by atoms with Gasteiger partial charge in [-0.3, -0.25) is 9.36 Å². The highest BCUT2D eigenvalue weighted by Gasteiger charge is 2.12. The Hall–Kier alpha value is -1.82. The summed E-state index contributed by atoms with van der Waals surface area (Å²) in [5.74, 6) is -0.586. The van der Waals surface area contributed by atoms with Gasteiger partial charge >= 0.3 is 0 Å². The molecule has 0 atom stereocenters. The number of likely N-dealkylation sites (tertiary alicyclic amines) is 1. The summed E-state index contributed by atoms with van der Waals surface area (Å²) in [6.07, 6.45) is 4.97. The van der Waals surface area contributed by atoms with E-state index in [2.05, 4.69) is 14.9 Å². The first kappa shape index (κ1) is 13.2. The van der Waals surface area contributed by atoms with Crippen LogP contribution in [0.3, 0.4) is 0 Å². The average Bonchev–Trinajstić information content (AvgIpc) is 2.47. The molecule has 0 spiro atoms. The largest absolute Gasteiger partial charge is 0.302 e. The van der Waals surface area contributed by atoms with Gasteiger partial charge in [0.15, 0.2) is 5.65 Å². The van der Waals surface area contributed by atoms with Crippen molar-refractivity contribution >= 4 is 11.2 Å². The second-order valence-corrected chi connectivity index (χ2v) is 5.13. The van der Waals surface area contributed by atoms with E-state index in [0.29, 0.717) is 17.7 Å². The van der Waals surface area contributed by atoms with Gasteiger partial charge in [-0.2, -0.15) is 9.37 Å². The van der Waals surface area contributed by atoms with E-state index in [4.69, 9.17) is 0 Å². The quantitative estimate of drug-likeness (QED) is 0.796. The van der Waals surface area contributed by atoms with Gasteiger partial charge in [-0.25, -0.2) is 4.98 Å². The van der Waals surface area contributed by atoms with Crippen LogP contribution in [-0.2, 0) is 6.54 Å². The van der Waals surface area contributed by atoms with Crippen LogP contribution in [0.1, 0.15) is 19.3 Å². The minimum Gasteiger partial charge on any atom is -0.302 e. The number of hydrogen-bond acceptors (Lipinski definition) is 4. The molecule has 5 nitrogen and oxygen atoms in total. The second kappa shape index (κ2) is 5.66. The number of piperidine rings is 1. The Bertz CT molecular complexity index is 664. The number of pyridine rings is 1. The zero-order valence-corrected chi connectivity index (χ0v) is 11.3. The highest BCUT2D eigenvalue weighted by molar-refractivity contribution is 5.69. The molecule has 0 amide bonds. The molecule has 106 valence electrons. The summed E-state index contributed by atoms with van der Waals surface area (Å²) in [7, 11) is 0. The number of nitrogens with zero attached hydrogens (tertiary/aromatic N) is 4. The van der Waals surface area contributed by atoms with Crippen molar-refractivity contribution in [2.75, 3.05) is 19.6 Å². The van der Waals surface area contributed by atoms with Gasteiger partial charge in [-0.05, 0) is 38.1 Å². The molecule has 1 fully saturated rings. The summed E-state index contributed by atoms with van der Waals surface area (Å²) >= 11 is 0. The molecule has 0 aromatic carbocycles. The number of halogens is 1. The molecule has 0 radical (unpaired) electrons. The second-order valence-electron chi connectivity index (χ2n) is 5.13. The molecule has 1 aliphatic rings. The lowest BCUT2D eigenvalue weighted by atomic mass is 10.1. The molecule has 0 aliphatic carbocycles.